The van der Waals surface area contributed by atoms with E-state index in [1.807, 2.05) is 26.2 Å². The van der Waals surface area contributed by atoms with E-state index in [-0.39, 0.29) is 0 Å². The molecule has 0 saturated carbocycles. The Kier molecular flexibility index (Phi) is 3.66. The molecule has 2 aromatic carbocycles. The first-order valence-electron chi connectivity index (χ1n) is 9.35. The molecule has 4 aromatic rings. The molecule has 6 rings (SSSR count). The number of aromatic nitrogens is 2. The number of pyridine rings is 2. The van der Waals surface area contributed by atoms with Gasteiger partial charge in [-0.3, -0.25) is 9.97 Å². The summed E-state index contributed by atoms with van der Waals surface area (Å²) in [7, 11) is -1.49. The van der Waals surface area contributed by atoms with E-state index in [9.17, 15) is 0 Å². The molecule has 1 spiro atoms. The number of benzene rings is 2. The molecule has 3 heteroatoms. The van der Waals surface area contributed by atoms with Crippen LogP contribution in [0.2, 0.25) is 0 Å². The summed E-state index contributed by atoms with van der Waals surface area (Å²) in [5.74, 6) is 0. The monoisotopic (exact) mass is 368 g/mol. The van der Waals surface area contributed by atoms with Crippen LogP contribution in [0.3, 0.4) is 0 Å². The molecule has 0 radical (unpaired) electrons. The average molecular weight is 369 g/mol. The van der Waals surface area contributed by atoms with Crippen molar-refractivity contribution < 1.29 is 0 Å². The molecular formula is C24H20N2S. The van der Waals surface area contributed by atoms with Gasteiger partial charge in [0.1, 0.15) is 11.4 Å². The lowest BCUT2D eigenvalue weighted by molar-refractivity contribution is 1.18. The summed E-state index contributed by atoms with van der Waals surface area (Å²) in [6.07, 6.45) is 3.75. The van der Waals surface area contributed by atoms with Crippen molar-refractivity contribution in [1.29, 1.82) is 0 Å². The van der Waals surface area contributed by atoms with Crippen LogP contribution in [0.4, 0.5) is 0 Å². The first-order valence-corrected chi connectivity index (χ1v) is 11.0. The Balaban J connectivity index is 0.000000777. The summed E-state index contributed by atoms with van der Waals surface area (Å²) in [4.78, 5) is 14.9. The molecule has 2 aliphatic heterocycles. The minimum Gasteiger partial charge on any atom is -0.253 e. The normalized spacial score (nSPS) is 15.0. The average Bonchev–Trinajstić information content (AvgIpc) is 3.23. The smallest absolute Gasteiger partial charge is 0.103 e. The number of hydrogen-bond acceptors (Lipinski definition) is 2. The van der Waals surface area contributed by atoms with Crippen LogP contribution >= 0.6 is 10.0 Å². The fourth-order valence-corrected chi connectivity index (χ4v) is 8.70. The van der Waals surface area contributed by atoms with Gasteiger partial charge in [0.2, 0.25) is 0 Å². The van der Waals surface area contributed by atoms with Crippen molar-refractivity contribution in [3.63, 3.8) is 0 Å². The van der Waals surface area contributed by atoms with Gasteiger partial charge in [-0.1, -0.05) is 50.2 Å². The molecule has 2 nitrogen and oxygen atoms in total. The zero-order valence-corrected chi connectivity index (χ0v) is 16.2. The molecule has 4 heterocycles. The minimum atomic E-state index is -1.49. The van der Waals surface area contributed by atoms with Crippen molar-refractivity contribution >= 4 is 10.0 Å². The fourth-order valence-electron chi connectivity index (χ4n) is 4.25. The van der Waals surface area contributed by atoms with Gasteiger partial charge in [-0.25, -0.2) is 0 Å². The van der Waals surface area contributed by atoms with Crippen LogP contribution in [0.15, 0.2) is 105 Å². The van der Waals surface area contributed by atoms with Gasteiger partial charge in [-0.2, -0.15) is 0 Å². The van der Waals surface area contributed by atoms with Gasteiger partial charge in [0.25, 0.3) is 0 Å². The number of fused-ring (bicyclic) bond motifs is 10. The lowest BCUT2D eigenvalue weighted by atomic mass is 10.1. The van der Waals surface area contributed by atoms with Gasteiger partial charge in [0.05, 0.1) is 0 Å². The maximum absolute atomic E-state index is 4.72. The molecule has 0 amide bonds. The number of nitrogens with zero attached hydrogens (tertiary/aromatic N) is 2. The third-order valence-electron chi connectivity index (χ3n) is 5.15. The van der Waals surface area contributed by atoms with Crippen LogP contribution in [0.1, 0.15) is 13.8 Å². The summed E-state index contributed by atoms with van der Waals surface area (Å²) >= 11 is 0. The van der Waals surface area contributed by atoms with Crippen LogP contribution in [-0.2, 0) is 0 Å². The van der Waals surface area contributed by atoms with E-state index in [0.717, 1.165) is 11.4 Å². The van der Waals surface area contributed by atoms with Crippen molar-refractivity contribution in [2.75, 3.05) is 0 Å². The van der Waals surface area contributed by atoms with Gasteiger partial charge < -0.3 is 0 Å². The van der Waals surface area contributed by atoms with Gasteiger partial charge >= 0.3 is 0 Å². The number of rotatable bonds is 0. The molecule has 0 fully saturated rings. The molecular weight excluding hydrogens is 348 g/mol. The zero-order chi connectivity index (χ0) is 18.4. The second-order valence-corrected chi connectivity index (χ2v) is 9.29. The molecule has 132 valence electrons. The van der Waals surface area contributed by atoms with Crippen LogP contribution in [-0.4, -0.2) is 9.97 Å². The predicted octanol–water partition coefficient (Wildman–Crippen LogP) is 6.80. The number of hydrogen-bond donors (Lipinski definition) is 0. The third-order valence-corrected chi connectivity index (χ3v) is 9.16. The Labute approximate surface area is 161 Å². The van der Waals surface area contributed by atoms with E-state index in [1.165, 1.54) is 30.7 Å². The summed E-state index contributed by atoms with van der Waals surface area (Å²) in [5.41, 5.74) is 4.78. The van der Waals surface area contributed by atoms with E-state index in [2.05, 4.69) is 72.8 Å². The Hall–Kier alpha value is -2.91. The Morgan fingerprint density at radius 2 is 0.926 bits per heavy atom. The molecule has 0 aliphatic carbocycles. The SMILES string of the molecule is CC.c1ccc2c(c1)-c1ccccc1S21c2cccnc2-c2ncccc21. The highest BCUT2D eigenvalue weighted by molar-refractivity contribution is 8.34. The lowest BCUT2D eigenvalue weighted by Crippen LogP contribution is -1.97. The minimum absolute atomic E-state index is 1.04. The van der Waals surface area contributed by atoms with E-state index in [0.29, 0.717) is 0 Å². The topological polar surface area (TPSA) is 25.8 Å². The lowest BCUT2D eigenvalue weighted by Gasteiger charge is -2.35. The van der Waals surface area contributed by atoms with E-state index >= 15 is 0 Å². The first-order chi connectivity index (χ1) is 13.4. The molecule has 0 saturated heterocycles. The second-order valence-electron chi connectivity index (χ2n) is 6.30. The van der Waals surface area contributed by atoms with E-state index < -0.39 is 10.0 Å². The standard InChI is InChI=1S/C22H14N2S.C2H6/c1-3-9-17-15(7-1)16-8-2-4-10-18(16)25(17)19-11-5-13-23-21(19)22-20(25)12-6-14-24-22;1-2/h1-14H;1-2H3. The summed E-state index contributed by atoms with van der Waals surface area (Å²) in [6.45, 7) is 4.00. The predicted molar refractivity (Wildman–Crippen MR) is 111 cm³/mol. The molecule has 0 bridgehead atoms. The Morgan fingerprint density at radius 1 is 0.519 bits per heavy atom. The highest BCUT2D eigenvalue weighted by Gasteiger charge is 2.48. The largest absolute Gasteiger partial charge is 0.253 e. The maximum Gasteiger partial charge on any atom is 0.103 e. The molecule has 27 heavy (non-hydrogen) atoms. The second kappa shape index (κ2) is 6.07. The van der Waals surface area contributed by atoms with Gasteiger partial charge in [0, 0.05) is 32.0 Å². The van der Waals surface area contributed by atoms with Gasteiger partial charge in [-0.05, 0) is 47.5 Å². The highest BCUT2D eigenvalue weighted by Crippen LogP contribution is 2.84. The molecule has 2 aromatic heterocycles. The Morgan fingerprint density at radius 3 is 1.41 bits per heavy atom. The molecule has 0 N–H and O–H groups in total. The summed E-state index contributed by atoms with van der Waals surface area (Å²) < 4.78 is 0. The van der Waals surface area contributed by atoms with Crippen molar-refractivity contribution in [2.45, 2.75) is 33.4 Å². The molecule has 0 unspecified atom stereocenters. The third kappa shape index (κ3) is 1.92. The first kappa shape index (κ1) is 16.3. The fraction of sp³-hybridized carbons (Fsp3) is 0.0833. The van der Waals surface area contributed by atoms with Gasteiger partial charge in [-0.15, -0.1) is 10.0 Å². The Bertz CT molecular complexity index is 979. The van der Waals surface area contributed by atoms with Crippen LogP contribution < -0.4 is 0 Å². The highest BCUT2D eigenvalue weighted by atomic mass is 32.3. The molecule has 2 aliphatic rings. The zero-order valence-electron chi connectivity index (χ0n) is 15.4. The maximum atomic E-state index is 4.72. The van der Waals surface area contributed by atoms with Crippen molar-refractivity contribution in [3.8, 4) is 22.5 Å². The van der Waals surface area contributed by atoms with Gasteiger partial charge in [0.15, 0.2) is 0 Å². The summed E-state index contributed by atoms with van der Waals surface area (Å²) in [6, 6.07) is 26.3. The van der Waals surface area contributed by atoms with Crippen molar-refractivity contribution in [3.05, 3.63) is 85.2 Å². The van der Waals surface area contributed by atoms with Crippen molar-refractivity contribution in [2.24, 2.45) is 0 Å². The molecule has 0 atom stereocenters. The van der Waals surface area contributed by atoms with Crippen LogP contribution in [0.5, 0.6) is 0 Å². The van der Waals surface area contributed by atoms with Crippen LogP contribution in [0, 0.1) is 0 Å². The van der Waals surface area contributed by atoms with Crippen molar-refractivity contribution in [1.82, 2.24) is 9.97 Å². The van der Waals surface area contributed by atoms with E-state index in [4.69, 9.17) is 9.97 Å². The quantitative estimate of drug-likeness (QED) is 0.294. The van der Waals surface area contributed by atoms with E-state index in [1.54, 1.807) is 0 Å². The summed E-state index contributed by atoms with van der Waals surface area (Å²) in [5, 5.41) is 0. The van der Waals surface area contributed by atoms with Crippen LogP contribution in [0.25, 0.3) is 22.5 Å².